The van der Waals surface area contributed by atoms with E-state index in [0.29, 0.717) is 18.9 Å². The van der Waals surface area contributed by atoms with Gasteiger partial charge in [-0.25, -0.2) is 0 Å². The zero-order valence-corrected chi connectivity index (χ0v) is 11.2. The van der Waals surface area contributed by atoms with Crippen molar-refractivity contribution in [3.63, 3.8) is 0 Å². The van der Waals surface area contributed by atoms with Gasteiger partial charge in [0.05, 0.1) is 30.1 Å². The summed E-state index contributed by atoms with van der Waals surface area (Å²) in [6.45, 7) is 6.43. The van der Waals surface area contributed by atoms with Gasteiger partial charge in [-0.15, -0.1) is 0 Å². The first-order valence-corrected chi connectivity index (χ1v) is 6.52. The maximum atomic E-state index is 6.13. The number of nitrogens with two attached hydrogens (primary N) is 1. The lowest BCUT2D eigenvalue weighted by Gasteiger charge is -2.26. The SMILES string of the molecule is CCCOc1cccc(NC2(C)CCOC2)c1N. The minimum Gasteiger partial charge on any atom is -0.491 e. The molecule has 0 saturated carbocycles. The molecule has 0 aliphatic carbocycles. The van der Waals surface area contributed by atoms with Crippen LogP contribution in [0.25, 0.3) is 0 Å². The summed E-state index contributed by atoms with van der Waals surface area (Å²) in [6, 6.07) is 5.85. The number of nitrogen functional groups attached to an aromatic ring is 1. The van der Waals surface area contributed by atoms with Gasteiger partial charge in [0.25, 0.3) is 0 Å². The van der Waals surface area contributed by atoms with E-state index in [4.69, 9.17) is 15.2 Å². The zero-order chi connectivity index (χ0) is 13.0. The third kappa shape index (κ3) is 2.88. The monoisotopic (exact) mass is 250 g/mol. The van der Waals surface area contributed by atoms with Crippen molar-refractivity contribution < 1.29 is 9.47 Å². The van der Waals surface area contributed by atoms with E-state index in [9.17, 15) is 0 Å². The van der Waals surface area contributed by atoms with Gasteiger partial charge in [-0.1, -0.05) is 13.0 Å². The minimum atomic E-state index is -0.0303. The highest BCUT2D eigenvalue weighted by Crippen LogP contribution is 2.33. The Balaban J connectivity index is 2.12. The smallest absolute Gasteiger partial charge is 0.144 e. The summed E-state index contributed by atoms with van der Waals surface area (Å²) in [6.07, 6.45) is 1.97. The van der Waals surface area contributed by atoms with Crippen LogP contribution in [-0.4, -0.2) is 25.4 Å². The van der Waals surface area contributed by atoms with Crippen LogP contribution in [0.15, 0.2) is 18.2 Å². The number of rotatable bonds is 5. The quantitative estimate of drug-likeness (QED) is 0.789. The fourth-order valence-corrected chi connectivity index (χ4v) is 2.08. The fourth-order valence-electron chi connectivity index (χ4n) is 2.08. The summed E-state index contributed by atoms with van der Waals surface area (Å²) in [7, 11) is 0. The van der Waals surface area contributed by atoms with Crippen LogP contribution < -0.4 is 15.8 Å². The molecule has 0 amide bonds. The number of hydrogen-bond donors (Lipinski definition) is 2. The molecule has 1 heterocycles. The van der Waals surface area contributed by atoms with Gasteiger partial charge in [0, 0.05) is 6.61 Å². The van der Waals surface area contributed by atoms with Gasteiger partial charge >= 0.3 is 0 Å². The molecule has 0 radical (unpaired) electrons. The molecule has 18 heavy (non-hydrogen) atoms. The molecule has 4 nitrogen and oxygen atoms in total. The molecule has 2 rings (SSSR count). The van der Waals surface area contributed by atoms with Crippen molar-refractivity contribution in [2.45, 2.75) is 32.2 Å². The molecule has 1 aromatic rings. The highest BCUT2D eigenvalue weighted by atomic mass is 16.5. The second-order valence-electron chi connectivity index (χ2n) is 5.05. The van der Waals surface area contributed by atoms with Crippen LogP contribution >= 0.6 is 0 Å². The molecule has 0 aromatic heterocycles. The van der Waals surface area contributed by atoms with Crippen molar-refractivity contribution in [3.8, 4) is 5.75 Å². The van der Waals surface area contributed by atoms with Crippen LogP contribution in [0, 0.1) is 0 Å². The van der Waals surface area contributed by atoms with Gasteiger partial charge in [-0.05, 0) is 31.9 Å². The zero-order valence-electron chi connectivity index (χ0n) is 11.2. The summed E-state index contributed by atoms with van der Waals surface area (Å²) >= 11 is 0. The summed E-state index contributed by atoms with van der Waals surface area (Å²) in [5.74, 6) is 0.754. The molecular formula is C14H22N2O2. The van der Waals surface area contributed by atoms with E-state index in [1.165, 1.54) is 0 Å². The van der Waals surface area contributed by atoms with Gasteiger partial charge in [0.1, 0.15) is 5.75 Å². The Labute approximate surface area is 108 Å². The molecule has 1 saturated heterocycles. The molecule has 100 valence electrons. The second-order valence-corrected chi connectivity index (χ2v) is 5.05. The topological polar surface area (TPSA) is 56.5 Å². The van der Waals surface area contributed by atoms with Crippen molar-refractivity contribution in [1.29, 1.82) is 0 Å². The first-order valence-electron chi connectivity index (χ1n) is 6.52. The predicted molar refractivity (Wildman–Crippen MR) is 74.1 cm³/mol. The maximum absolute atomic E-state index is 6.13. The Morgan fingerprint density at radius 3 is 3.00 bits per heavy atom. The van der Waals surface area contributed by atoms with Gasteiger partial charge < -0.3 is 20.5 Å². The molecular weight excluding hydrogens is 228 g/mol. The van der Waals surface area contributed by atoms with E-state index in [1.54, 1.807) is 0 Å². The molecule has 3 N–H and O–H groups in total. The lowest BCUT2D eigenvalue weighted by molar-refractivity contribution is 0.185. The highest BCUT2D eigenvalue weighted by Gasteiger charge is 2.30. The highest BCUT2D eigenvalue weighted by molar-refractivity contribution is 5.73. The molecule has 0 bridgehead atoms. The van der Waals surface area contributed by atoms with Crippen molar-refractivity contribution in [3.05, 3.63) is 18.2 Å². The largest absolute Gasteiger partial charge is 0.491 e. The Morgan fingerprint density at radius 1 is 1.50 bits per heavy atom. The number of ether oxygens (including phenoxy) is 2. The number of benzene rings is 1. The van der Waals surface area contributed by atoms with E-state index in [2.05, 4.69) is 19.2 Å². The lowest BCUT2D eigenvalue weighted by atomic mass is 10.0. The minimum absolute atomic E-state index is 0.0303. The molecule has 1 fully saturated rings. The first-order chi connectivity index (χ1) is 8.64. The second kappa shape index (κ2) is 5.48. The van der Waals surface area contributed by atoms with Gasteiger partial charge in [-0.3, -0.25) is 0 Å². The van der Waals surface area contributed by atoms with E-state index >= 15 is 0 Å². The van der Waals surface area contributed by atoms with E-state index < -0.39 is 0 Å². The summed E-state index contributed by atoms with van der Waals surface area (Å²) in [4.78, 5) is 0. The molecule has 4 heteroatoms. The van der Waals surface area contributed by atoms with Crippen LogP contribution in [0.4, 0.5) is 11.4 Å². The number of para-hydroxylation sites is 1. The molecule has 1 unspecified atom stereocenters. The third-order valence-electron chi connectivity index (χ3n) is 3.18. The van der Waals surface area contributed by atoms with Gasteiger partial charge in [0.15, 0.2) is 0 Å². The van der Waals surface area contributed by atoms with Crippen LogP contribution in [0.5, 0.6) is 5.75 Å². The van der Waals surface area contributed by atoms with Gasteiger partial charge in [0.2, 0.25) is 0 Å². The number of nitrogens with one attached hydrogen (secondary N) is 1. The summed E-state index contributed by atoms with van der Waals surface area (Å²) in [5.41, 5.74) is 7.71. The van der Waals surface area contributed by atoms with E-state index in [0.717, 1.165) is 30.9 Å². The van der Waals surface area contributed by atoms with E-state index in [1.807, 2.05) is 18.2 Å². The predicted octanol–water partition coefficient (Wildman–Crippen LogP) is 2.65. The van der Waals surface area contributed by atoms with Crippen LogP contribution in [0.1, 0.15) is 26.7 Å². The average molecular weight is 250 g/mol. The lowest BCUT2D eigenvalue weighted by Crippen LogP contribution is -2.35. The third-order valence-corrected chi connectivity index (χ3v) is 3.18. The van der Waals surface area contributed by atoms with Crippen molar-refractivity contribution in [1.82, 2.24) is 0 Å². The number of anilines is 2. The Morgan fingerprint density at radius 2 is 2.33 bits per heavy atom. The van der Waals surface area contributed by atoms with Crippen LogP contribution in [0.2, 0.25) is 0 Å². The molecule has 1 aliphatic rings. The first kappa shape index (κ1) is 13.0. The molecule has 1 aromatic carbocycles. The molecule has 0 spiro atoms. The van der Waals surface area contributed by atoms with Crippen molar-refractivity contribution in [2.24, 2.45) is 0 Å². The molecule has 1 atom stereocenters. The Bertz CT molecular complexity index is 401. The maximum Gasteiger partial charge on any atom is 0.144 e. The fraction of sp³-hybridized carbons (Fsp3) is 0.571. The van der Waals surface area contributed by atoms with Crippen LogP contribution in [0.3, 0.4) is 0 Å². The van der Waals surface area contributed by atoms with Crippen molar-refractivity contribution >= 4 is 11.4 Å². The molecule has 1 aliphatic heterocycles. The average Bonchev–Trinajstić information content (AvgIpc) is 2.77. The summed E-state index contributed by atoms with van der Waals surface area (Å²) in [5, 5.41) is 3.47. The number of hydrogen-bond acceptors (Lipinski definition) is 4. The Kier molecular flexibility index (Phi) is 3.97. The van der Waals surface area contributed by atoms with Crippen molar-refractivity contribution in [2.75, 3.05) is 30.9 Å². The standard InChI is InChI=1S/C14H22N2O2/c1-3-8-18-12-6-4-5-11(13(12)15)16-14(2)7-9-17-10-14/h4-6,16H,3,7-10,15H2,1-2H3. The van der Waals surface area contributed by atoms with Gasteiger partial charge in [-0.2, -0.15) is 0 Å². The normalized spacial score (nSPS) is 23.0. The summed E-state index contributed by atoms with van der Waals surface area (Å²) < 4.78 is 11.1. The van der Waals surface area contributed by atoms with Crippen LogP contribution in [-0.2, 0) is 4.74 Å². The van der Waals surface area contributed by atoms with E-state index in [-0.39, 0.29) is 5.54 Å². The Hall–Kier alpha value is -1.42.